The summed E-state index contributed by atoms with van der Waals surface area (Å²) in [7, 11) is 0. The van der Waals surface area contributed by atoms with Crippen molar-refractivity contribution in [2.24, 2.45) is 10.2 Å². The van der Waals surface area contributed by atoms with Gasteiger partial charge in [0.2, 0.25) is 0 Å². The molecule has 0 bridgehead atoms. The van der Waals surface area contributed by atoms with Crippen LogP contribution in [0.5, 0.6) is 0 Å². The predicted molar refractivity (Wildman–Crippen MR) is 164 cm³/mol. The SMILES string of the molecule is CC.CC.CC.CC.Cc1ccc(-c2ccccc2)cc1.Cc1ccc(N=Nc2ccccc2)cc1. The molecule has 0 heterocycles. The average Bonchev–Trinajstić information content (AvgIpc) is 2.99. The average molecular weight is 485 g/mol. The lowest BCUT2D eigenvalue weighted by molar-refractivity contribution is 1.23. The molecule has 0 amide bonds. The minimum absolute atomic E-state index is 0.873. The van der Waals surface area contributed by atoms with E-state index in [2.05, 4.69) is 72.6 Å². The number of nitrogens with zero attached hydrogens (tertiary/aromatic N) is 2. The second-order valence-electron chi connectivity index (χ2n) is 6.60. The van der Waals surface area contributed by atoms with E-state index in [0.717, 1.165) is 11.4 Å². The lowest BCUT2D eigenvalue weighted by atomic mass is 10.0. The summed E-state index contributed by atoms with van der Waals surface area (Å²) in [6, 6.07) is 36.7. The fourth-order valence-corrected chi connectivity index (χ4v) is 2.60. The summed E-state index contributed by atoms with van der Waals surface area (Å²) >= 11 is 0. The van der Waals surface area contributed by atoms with Gasteiger partial charge in [-0.05, 0) is 49.2 Å². The third-order valence-corrected chi connectivity index (χ3v) is 4.23. The number of hydrogen-bond donors (Lipinski definition) is 0. The Morgan fingerprint density at radius 1 is 0.333 bits per heavy atom. The van der Waals surface area contributed by atoms with Gasteiger partial charge < -0.3 is 0 Å². The van der Waals surface area contributed by atoms with Crippen LogP contribution in [0.2, 0.25) is 0 Å². The molecular weight excluding hydrogens is 436 g/mol. The van der Waals surface area contributed by atoms with E-state index in [-0.39, 0.29) is 0 Å². The highest BCUT2D eigenvalue weighted by atomic mass is 15.1. The molecule has 36 heavy (non-hydrogen) atoms. The number of rotatable bonds is 3. The summed E-state index contributed by atoms with van der Waals surface area (Å²) in [4.78, 5) is 0. The molecule has 0 N–H and O–H groups in total. The first-order valence-electron chi connectivity index (χ1n) is 13.4. The molecule has 4 aromatic rings. The molecule has 0 aliphatic carbocycles. The zero-order valence-corrected chi connectivity index (χ0v) is 24.3. The van der Waals surface area contributed by atoms with E-state index in [1.54, 1.807) is 0 Å². The van der Waals surface area contributed by atoms with Crippen LogP contribution < -0.4 is 0 Å². The van der Waals surface area contributed by atoms with Crippen molar-refractivity contribution in [1.29, 1.82) is 0 Å². The molecule has 0 radical (unpaired) electrons. The molecule has 2 heteroatoms. The molecule has 2 nitrogen and oxygen atoms in total. The molecule has 0 atom stereocenters. The van der Waals surface area contributed by atoms with Gasteiger partial charge >= 0.3 is 0 Å². The van der Waals surface area contributed by atoms with E-state index in [4.69, 9.17) is 0 Å². The third kappa shape index (κ3) is 15.4. The third-order valence-electron chi connectivity index (χ3n) is 4.23. The second kappa shape index (κ2) is 24.6. The fraction of sp³-hybridized carbons (Fsp3) is 0.294. The van der Waals surface area contributed by atoms with Gasteiger partial charge in [0.1, 0.15) is 0 Å². The van der Waals surface area contributed by atoms with Crippen LogP contribution in [0.4, 0.5) is 11.4 Å². The van der Waals surface area contributed by atoms with Crippen LogP contribution in [0.25, 0.3) is 11.1 Å². The highest BCUT2D eigenvalue weighted by molar-refractivity contribution is 5.63. The number of aryl methyl sites for hydroxylation is 2. The Bertz CT molecular complexity index is 988. The molecule has 0 spiro atoms. The van der Waals surface area contributed by atoms with Crippen molar-refractivity contribution in [3.8, 4) is 11.1 Å². The van der Waals surface area contributed by atoms with E-state index >= 15 is 0 Å². The Balaban J connectivity index is 0. The molecule has 0 saturated carbocycles. The maximum Gasteiger partial charge on any atom is 0.0857 e. The zero-order chi connectivity index (χ0) is 27.6. The molecule has 0 aromatic heterocycles. The smallest absolute Gasteiger partial charge is 0.0857 e. The standard InChI is InChI=1S/C13H12N2.C13H12.4C2H6/c1-11-7-9-13(10-8-11)15-14-12-5-3-2-4-6-12;1-11-7-9-13(10-8-11)12-5-3-2-4-6-12;4*1-2/h2-10H,1H3;2-10H,1H3;4*1-2H3. The first kappa shape index (κ1) is 34.6. The van der Waals surface area contributed by atoms with Crippen LogP contribution in [-0.4, -0.2) is 0 Å². The van der Waals surface area contributed by atoms with Gasteiger partial charge in [0.15, 0.2) is 0 Å². The van der Waals surface area contributed by atoms with Gasteiger partial charge in [-0.25, -0.2) is 0 Å². The van der Waals surface area contributed by atoms with Gasteiger partial charge in [0.25, 0.3) is 0 Å². The van der Waals surface area contributed by atoms with Gasteiger partial charge in [-0.15, -0.1) is 0 Å². The summed E-state index contributed by atoms with van der Waals surface area (Å²) in [5.74, 6) is 0. The molecule has 4 rings (SSSR count). The maximum absolute atomic E-state index is 4.14. The minimum Gasteiger partial charge on any atom is -0.151 e. The molecule has 194 valence electrons. The Labute approximate surface area is 222 Å². The van der Waals surface area contributed by atoms with E-state index < -0.39 is 0 Å². The van der Waals surface area contributed by atoms with E-state index in [1.165, 1.54) is 22.3 Å². The Hall–Kier alpha value is -3.52. The Morgan fingerprint density at radius 3 is 1.06 bits per heavy atom. The van der Waals surface area contributed by atoms with Crippen LogP contribution in [-0.2, 0) is 0 Å². The monoisotopic (exact) mass is 484 g/mol. The minimum atomic E-state index is 0.873. The second-order valence-corrected chi connectivity index (χ2v) is 6.60. The topological polar surface area (TPSA) is 24.7 Å². The molecular formula is C34H48N2. The van der Waals surface area contributed by atoms with E-state index in [9.17, 15) is 0 Å². The molecule has 0 unspecified atom stereocenters. The summed E-state index contributed by atoms with van der Waals surface area (Å²) < 4.78 is 0. The first-order chi connectivity index (χ1) is 17.7. The number of azo groups is 1. The normalized spacial score (nSPS) is 8.72. The van der Waals surface area contributed by atoms with Crippen molar-refractivity contribution >= 4 is 11.4 Å². The first-order valence-corrected chi connectivity index (χ1v) is 13.4. The summed E-state index contributed by atoms with van der Waals surface area (Å²) in [6.07, 6.45) is 0. The Kier molecular flexibility index (Phi) is 23.7. The van der Waals surface area contributed by atoms with Crippen LogP contribution in [0.3, 0.4) is 0 Å². The highest BCUT2D eigenvalue weighted by Crippen LogP contribution is 2.19. The lowest BCUT2D eigenvalue weighted by Crippen LogP contribution is -1.76. The maximum atomic E-state index is 4.14. The summed E-state index contributed by atoms with van der Waals surface area (Å²) in [5, 5.41) is 8.27. The van der Waals surface area contributed by atoms with Gasteiger partial charge in [-0.1, -0.05) is 151 Å². The molecule has 0 aliphatic heterocycles. The lowest BCUT2D eigenvalue weighted by Gasteiger charge is -2.00. The molecule has 0 fully saturated rings. The molecule has 4 aromatic carbocycles. The van der Waals surface area contributed by atoms with Gasteiger partial charge in [-0.2, -0.15) is 10.2 Å². The van der Waals surface area contributed by atoms with Crippen molar-refractivity contribution in [2.75, 3.05) is 0 Å². The zero-order valence-electron chi connectivity index (χ0n) is 24.3. The van der Waals surface area contributed by atoms with Gasteiger partial charge in [0, 0.05) is 0 Å². The van der Waals surface area contributed by atoms with E-state index in [0.29, 0.717) is 0 Å². The van der Waals surface area contributed by atoms with Crippen molar-refractivity contribution < 1.29 is 0 Å². The van der Waals surface area contributed by atoms with Crippen molar-refractivity contribution in [2.45, 2.75) is 69.2 Å². The largest absolute Gasteiger partial charge is 0.151 e. The van der Waals surface area contributed by atoms with Crippen molar-refractivity contribution in [1.82, 2.24) is 0 Å². The van der Waals surface area contributed by atoms with Crippen LogP contribution in [0, 0.1) is 13.8 Å². The van der Waals surface area contributed by atoms with E-state index in [1.807, 2.05) is 116 Å². The summed E-state index contributed by atoms with van der Waals surface area (Å²) in [5.41, 5.74) is 6.85. The molecule has 0 aliphatic rings. The summed E-state index contributed by atoms with van der Waals surface area (Å²) in [6.45, 7) is 20.2. The van der Waals surface area contributed by atoms with Crippen LogP contribution in [0.1, 0.15) is 66.5 Å². The van der Waals surface area contributed by atoms with Gasteiger partial charge in [-0.3, -0.25) is 0 Å². The van der Waals surface area contributed by atoms with Crippen LogP contribution >= 0.6 is 0 Å². The van der Waals surface area contributed by atoms with Crippen LogP contribution in [0.15, 0.2) is 119 Å². The highest BCUT2D eigenvalue weighted by Gasteiger charge is 1.94. The molecule has 0 saturated heterocycles. The fourth-order valence-electron chi connectivity index (χ4n) is 2.60. The van der Waals surface area contributed by atoms with Crippen molar-refractivity contribution in [3.63, 3.8) is 0 Å². The van der Waals surface area contributed by atoms with Gasteiger partial charge in [0.05, 0.1) is 11.4 Å². The Morgan fingerprint density at radius 2 is 0.639 bits per heavy atom. The van der Waals surface area contributed by atoms with Crippen molar-refractivity contribution in [3.05, 3.63) is 120 Å². The quantitative estimate of drug-likeness (QED) is 0.258. The number of hydrogen-bond acceptors (Lipinski definition) is 2. The predicted octanol–water partition coefficient (Wildman–Crippen LogP) is 12.2. The number of benzene rings is 4.